The number of amides is 2. The molecule has 2 rings (SSSR count). The van der Waals surface area contributed by atoms with Gasteiger partial charge < -0.3 is 10.1 Å². The molecular weight excluding hydrogens is 268 g/mol. The van der Waals surface area contributed by atoms with Crippen LogP contribution >= 0.6 is 0 Å². The second-order valence-electron chi connectivity index (χ2n) is 4.86. The maximum Gasteiger partial charge on any atom is 0.251 e. The predicted octanol–water partition coefficient (Wildman–Crippen LogP) is 1.88. The molecule has 5 nitrogen and oxygen atoms in total. The number of imide groups is 1. The van der Waals surface area contributed by atoms with Crippen LogP contribution in [-0.4, -0.2) is 31.0 Å². The molecule has 0 saturated carbocycles. The molecule has 0 radical (unpaired) electrons. The number of nitrogens with zero attached hydrogens (tertiary/aromatic N) is 1. The van der Waals surface area contributed by atoms with Gasteiger partial charge in [0.15, 0.2) is 0 Å². The molecule has 0 aliphatic carbocycles. The molecule has 1 aliphatic rings. The van der Waals surface area contributed by atoms with Gasteiger partial charge in [-0.1, -0.05) is 13.0 Å². The molecule has 1 atom stereocenters. The Bertz CT molecular complexity index is 525. The van der Waals surface area contributed by atoms with Crippen molar-refractivity contribution in [2.24, 2.45) is 0 Å². The van der Waals surface area contributed by atoms with E-state index in [1.807, 2.05) is 6.92 Å². The summed E-state index contributed by atoms with van der Waals surface area (Å²) >= 11 is 0. The van der Waals surface area contributed by atoms with E-state index in [0.717, 1.165) is 12.2 Å². The number of carbonyl (C=O) groups is 2. The van der Waals surface area contributed by atoms with Gasteiger partial charge in [-0.25, -0.2) is 4.90 Å². The standard InChI is InChI=1S/C16H20N2O3/c1-3-9-17-14-11-15(19)18(16(14)20)12-5-7-13(8-6-12)21-10-4-2/h3,5-8,14,17H,1,4,9-11H2,2H3/t14-/m0/s1. The fourth-order valence-corrected chi connectivity index (χ4v) is 2.20. The summed E-state index contributed by atoms with van der Waals surface area (Å²) in [5.41, 5.74) is 0.580. The van der Waals surface area contributed by atoms with Crippen LogP contribution in [-0.2, 0) is 9.59 Å². The lowest BCUT2D eigenvalue weighted by atomic mass is 10.2. The number of benzene rings is 1. The van der Waals surface area contributed by atoms with Crippen molar-refractivity contribution in [3.63, 3.8) is 0 Å². The van der Waals surface area contributed by atoms with Gasteiger partial charge in [-0.05, 0) is 30.7 Å². The number of nitrogens with one attached hydrogen (secondary N) is 1. The molecule has 5 heteroatoms. The Morgan fingerprint density at radius 3 is 2.71 bits per heavy atom. The van der Waals surface area contributed by atoms with Gasteiger partial charge in [0.05, 0.1) is 24.8 Å². The smallest absolute Gasteiger partial charge is 0.251 e. The van der Waals surface area contributed by atoms with Crippen LogP contribution in [0.3, 0.4) is 0 Å². The zero-order valence-electron chi connectivity index (χ0n) is 12.2. The fourth-order valence-electron chi connectivity index (χ4n) is 2.20. The Morgan fingerprint density at radius 2 is 2.10 bits per heavy atom. The molecule has 1 fully saturated rings. The maximum absolute atomic E-state index is 12.3. The van der Waals surface area contributed by atoms with Gasteiger partial charge in [-0.15, -0.1) is 6.58 Å². The summed E-state index contributed by atoms with van der Waals surface area (Å²) in [5, 5.41) is 3.00. The Hall–Kier alpha value is -2.14. The third kappa shape index (κ3) is 3.49. The third-order valence-electron chi connectivity index (χ3n) is 3.22. The number of anilines is 1. The molecule has 112 valence electrons. The molecule has 1 aliphatic heterocycles. The van der Waals surface area contributed by atoms with Crippen LogP contribution in [0.25, 0.3) is 0 Å². The number of rotatable bonds is 7. The van der Waals surface area contributed by atoms with Crippen molar-refractivity contribution in [3.05, 3.63) is 36.9 Å². The molecule has 1 aromatic carbocycles. The van der Waals surface area contributed by atoms with Crippen molar-refractivity contribution in [2.45, 2.75) is 25.8 Å². The minimum Gasteiger partial charge on any atom is -0.494 e. The van der Waals surface area contributed by atoms with Crippen LogP contribution in [0.1, 0.15) is 19.8 Å². The van der Waals surface area contributed by atoms with Crippen molar-refractivity contribution >= 4 is 17.5 Å². The summed E-state index contributed by atoms with van der Waals surface area (Å²) in [4.78, 5) is 25.5. The monoisotopic (exact) mass is 288 g/mol. The normalized spacial score (nSPS) is 18.1. The highest BCUT2D eigenvalue weighted by Crippen LogP contribution is 2.25. The molecule has 1 N–H and O–H groups in total. The molecule has 0 spiro atoms. The Morgan fingerprint density at radius 1 is 1.38 bits per heavy atom. The van der Waals surface area contributed by atoms with Crippen molar-refractivity contribution in [3.8, 4) is 5.75 Å². The molecule has 1 aromatic rings. The molecular formula is C16H20N2O3. The van der Waals surface area contributed by atoms with Gasteiger partial charge in [-0.3, -0.25) is 9.59 Å². The van der Waals surface area contributed by atoms with E-state index < -0.39 is 6.04 Å². The van der Waals surface area contributed by atoms with E-state index in [1.54, 1.807) is 30.3 Å². The first-order valence-electron chi connectivity index (χ1n) is 7.11. The Balaban J connectivity index is 2.08. The zero-order valence-corrected chi connectivity index (χ0v) is 12.2. The van der Waals surface area contributed by atoms with Crippen molar-refractivity contribution in [1.29, 1.82) is 0 Å². The van der Waals surface area contributed by atoms with Crippen LogP contribution < -0.4 is 15.0 Å². The average molecular weight is 288 g/mol. The topological polar surface area (TPSA) is 58.6 Å². The van der Waals surface area contributed by atoms with Crippen molar-refractivity contribution < 1.29 is 14.3 Å². The second kappa shape index (κ2) is 7.04. The van der Waals surface area contributed by atoms with E-state index in [-0.39, 0.29) is 18.2 Å². The largest absolute Gasteiger partial charge is 0.494 e. The van der Waals surface area contributed by atoms with Crippen LogP contribution in [0.15, 0.2) is 36.9 Å². The number of carbonyl (C=O) groups excluding carboxylic acids is 2. The highest BCUT2D eigenvalue weighted by molar-refractivity contribution is 6.22. The highest BCUT2D eigenvalue weighted by atomic mass is 16.5. The van der Waals surface area contributed by atoms with E-state index in [0.29, 0.717) is 18.8 Å². The lowest BCUT2D eigenvalue weighted by Gasteiger charge is -2.15. The summed E-state index contributed by atoms with van der Waals surface area (Å²) in [5.74, 6) is 0.328. The minimum atomic E-state index is -0.466. The van der Waals surface area contributed by atoms with Crippen LogP contribution in [0, 0.1) is 0 Å². The van der Waals surface area contributed by atoms with Crippen LogP contribution in [0.2, 0.25) is 0 Å². The van der Waals surface area contributed by atoms with Gasteiger partial charge >= 0.3 is 0 Å². The van der Waals surface area contributed by atoms with Crippen molar-refractivity contribution in [1.82, 2.24) is 5.32 Å². The van der Waals surface area contributed by atoms with Gasteiger partial charge in [-0.2, -0.15) is 0 Å². The molecule has 1 saturated heterocycles. The Labute approximate surface area is 124 Å². The quantitative estimate of drug-likeness (QED) is 0.615. The molecule has 0 bridgehead atoms. The lowest BCUT2D eigenvalue weighted by molar-refractivity contribution is -0.121. The average Bonchev–Trinajstić information content (AvgIpc) is 2.78. The summed E-state index contributed by atoms with van der Waals surface area (Å²) in [6, 6.07) is 6.55. The summed E-state index contributed by atoms with van der Waals surface area (Å²) in [6.45, 7) is 6.77. The first kappa shape index (κ1) is 15.3. The number of hydrogen-bond donors (Lipinski definition) is 1. The third-order valence-corrected chi connectivity index (χ3v) is 3.22. The molecule has 0 aromatic heterocycles. The highest BCUT2D eigenvalue weighted by Gasteiger charge is 2.38. The second-order valence-corrected chi connectivity index (χ2v) is 4.86. The number of ether oxygens (including phenoxy) is 1. The van der Waals surface area contributed by atoms with E-state index in [4.69, 9.17) is 4.74 Å². The van der Waals surface area contributed by atoms with Gasteiger partial charge in [0.1, 0.15) is 5.75 Å². The van der Waals surface area contributed by atoms with Gasteiger partial charge in [0.25, 0.3) is 5.91 Å². The van der Waals surface area contributed by atoms with Crippen molar-refractivity contribution in [2.75, 3.05) is 18.1 Å². The van der Waals surface area contributed by atoms with E-state index in [2.05, 4.69) is 11.9 Å². The molecule has 0 unspecified atom stereocenters. The van der Waals surface area contributed by atoms with Gasteiger partial charge in [0, 0.05) is 6.54 Å². The summed E-state index contributed by atoms with van der Waals surface area (Å²) < 4.78 is 5.49. The first-order valence-corrected chi connectivity index (χ1v) is 7.11. The molecule has 1 heterocycles. The fraction of sp³-hybridized carbons (Fsp3) is 0.375. The van der Waals surface area contributed by atoms with Gasteiger partial charge in [0.2, 0.25) is 5.91 Å². The predicted molar refractivity (Wildman–Crippen MR) is 81.3 cm³/mol. The summed E-state index contributed by atoms with van der Waals surface area (Å²) in [7, 11) is 0. The summed E-state index contributed by atoms with van der Waals surface area (Å²) in [6.07, 6.45) is 2.78. The lowest BCUT2D eigenvalue weighted by Crippen LogP contribution is -2.38. The Kier molecular flexibility index (Phi) is 5.11. The first-order chi connectivity index (χ1) is 10.2. The zero-order chi connectivity index (χ0) is 15.2. The minimum absolute atomic E-state index is 0.181. The molecule has 2 amide bonds. The van der Waals surface area contributed by atoms with Crippen LogP contribution in [0.4, 0.5) is 5.69 Å². The van der Waals surface area contributed by atoms with E-state index in [1.165, 1.54) is 4.90 Å². The SMILES string of the molecule is C=CCN[C@H]1CC(=O)N(c2ccc(OCCC)cc2)C1=O. The van der Waals surface area contributed by atoms with E-state index in [9.17, 15) is 9.59 Å². The van der Waals surface area contributed by atoms with Crippen LogP contribution in [0.5, 0.6) is 5.75 Å². The number of hydrogen-bond acceptors (Lipinski definition) is 4. The molecule has 21 heavy (non-hydrogen) atoms. The van der Waals surface area contributed by atoms with E-state index >= 15 is 0 Å². The maximum atomic E-state index is 12.3.